The molecule has 4 nitrogen and oxygen atoms in total. The van der Waals surface area contributed by atoms with E-state index in [0.717, 1.165) is 34.2 Å². The fourth-order valence-electron chi connectivity index (χ4n) is 3.98. The Morgan fingerprint density at radius 3 is 2.77 bits per heavy atom. The Balaban J connectivity index is 1.59. The number of carbonyl (C=O) groups excluding carboxylic acids is 2. The molecule has 0 radical (unpaired) electrons. The molecule has 1 atom stereocenters. The molecule has 5 heteroatoms. The van der Waals surface area contributed by atoms with Crippen molar-refractivity contribution in [2.45, 2.75) is 19.8 Å². The van der Waals surface area contributed by atoms with Crippen molar-refractivity contribution >= 4 is 33.9 Å². The van der Waals surface area contributed by atoms with E-state index >= 15 is 0 Å². The Bertz CT molecular complexity index is 971. The molecule has 1 aromatic carbocycles. The summed E-state index contributed by atoms with van der Waals surface area (Å²) in [5.41, 5.74) is 2.95. The number of carbonyl (C=O) groups is 2. The zero-order valence-corrected chi connectivity index (χ0v) is 15.9. The minimum atomic E-state index is -0.0947. The highest BCUT2D eigenvalue weighted by atomic mass is 32.1. The van der Waals surface area contributed by atoms with E-state index in [1.807, 2.05) is 52.2 Å². The Labute approximate surface area is 157 Å². The second-order valence-corrected chi connectivity index (χ2v) is 7.98. The van der Waals surface area contributed by atoms with Gasteiger partial charge in [0.25, 0.3) is 5.91 Å². The van der Waals surface area contributed by atoms with Crippen molar-refractivity contribution < 1.29 is 9.59 Å². The van der Waals surface area contributed by atoms with E-state index in [2.05, 4.69) is 13.0 Å². The van der Waals surface area contributed by atoms with Gasteiger partial charge < -0.3 is 9.47 Å². The molecule has 4 rings (SSSR count). The molecule has 1 fully saturated rings. The maximum Gasteiger partial charge on any atom is 0.270 e. The van der Waals surface area contributed by atoms with Crippen molar-refractivity contribution in [3.63, 3.8) is 0 Å². The van der Waals surface area contributed by atoms with Crippen LogP contribution in [0.1, 0.15) is 38.6 Å². The fourth-order valence-corrected chi connectivity index (χ4v) is 4.73. The van der Waals surface area contributed by atoms with Crippen LogP contribution in [0.2, 0.25) is 0 Å². The molecule has 26 heavy (non-hydrogen) atoms. The molecule has 1 unspecified atom stereocenters. The maximum atomic E-state index is 13.2. The van der Waals surface area contributed by atoms with Gasteiger partial charge in [-0.25, -0.2) is 0 Å². The Kier molecular flexibility index (Phi) is 4.41. The molecule has 3 aromatic rings. The van der Waals surface area contributed by atoms with Crippen molar-refractivity contribution in [3.05, 3.63) is 57.9 Å². The Morgan fingerprint density at radius 2 is 2.04 bits per heavy atom. The number of fused-ring (bicyclic) bond motifs is 1. The van der Waals surface area contributed by atoms with E-state index in [1.54, 1.807) is 0 Å². The number of rotatable bonds is 3. The lowest BCUT2D eigenvalue weighted by atomic mass is 9.93. The minimum absolute atomic E-state index is 0.0202. The van der Waals surface area contributed by atoms with Crippen LogP contribution in [0, 0.1) is 12.8 Å². The number of amides is 1. The average Bonchev–Trinajstić information content (AvgIpc) is 3.30. The standard InChI is InChI=1S/C21H22N2O2S/c1-14-6-3-7-15-12-17(22(2)19(14)15)21(25)23-10-4-8-16(13-23)20(24)18-9-5-11-26-18/h3,5-7,9,11-12,16H,4,8,10,13H2,1-2H3. The summed E-state index contributed by atoms with van der Waals surface area (Å²) >= 11 is 1.48. The Hall–Kier alpha value is -2.40. The van der Waals surface area contributed by atoms with Crippen molar-refractivity contribution in [1.82, 2.24) is 9.47 Å². The van der Waals surface area contributed by atoms with Crippen LogP contribution in [0.3, 0.4) is 0 Å². The van der Waals surface area contributed by atoms with Crippen molar-refractivity contribution in [2.24, 2.45) is 13.0 Å². The number of nitrogens with zero attached hydrogens (tertiary/aromatic N) is 2. The van der Waals surface area contributed by atoms with Crippen LogP contribution in [-0.2, 0) is 7.05 Å². The number of para-hydroxylation sites is 1. The maximum absolute atomic E-state index is 13.2. The number of thiophene rings is 1. The lowest BCUT2D eigenvalue weighted by Crippen LogP contribution is -2.42. The van der Waals surface area contributed by atoms with Crippen LogP contribution in [0.5, 0.6) is 0 Å². The van der Waals surface area contributed by atoms with Gasteiger partial charge in [-0.1, -0.05) is 24.3 Å². The molecule has 0 bridgehead atoms. The van der Waals surface area contributed by atoms with Crippen LogP contribution < -0.4 is 0 Å². The van der Waals surface area contributed by atoms with Gasteiger partial charge in [-0.3, -0.25) is 9.59 Å². The van der Waals surface area contributed by atoms with Gasteiger partial charge in [0.05, 0.1) is 10.4 Å². The van der Waals surface area contributed by atoms with Crippen molar-refractivity contribution in [1.29, 1.82) is 0 Å². The summed E-state index contributed by atoms with van der Waals surface area (Å²) in [6.07, 6.45) is 1.73. The zero-order chi connectivity index (χ0) is 18.3. The number of Topliss-reactive ketones (excluding diaryl/α,β-unsaturated/α-hetero) is 1. The number of likely N-dealkylation sites (tertiary alicyclic amines) is 1. The molecule has 0 spiro atoms. The lowest BCUT2D eigenvalue weighted by Gasteiger charge is -2.32. The number of aryl methyl sites for hydroxylation is 2. The molecule has 1 amide bonds. The van der Waals surface area contributed by atoms with Crippen LogP contribution in [0.4, 0.5) is 0 Å². The monoisotopic (exact) mass is 366 g/mol. The van der Waals surface area contributed by atoms with Crippen LogP contribution >= 0.6 is 11.3 Å². The number of hydrogen-bond donors (Lipinski definition) is 0. The van der Waals surface area contributed by atoms with E-state index < -0.39 is 0 Å². The topological polar surface area (TPSA) is 42.3 Å². The van der Waals surface area contributed by atoms with E-state index in [4.69, 9.17) is 0 Å². The molecule has 0 N–H and O–H groups in total. The highest BCUT2D eigenvalue weighted by Gasteiger charge is 2.31. The molecule has 1 aliphatic rings. The predicted molar refractivity (Wildman–Crippen MR) is 105 cm³/mol. The molecular formula is C21H22N2O2S. The first-order valence-corrected chi connectivity index (χ1v) is 9.86. The normalized spacial score (nSPS) is 17.6. The van der Waals surface area contributed by atoms with Gasteiger partial charge in [0.1, 0.15) is 5.69 Å². The third kappa shape index (κ3) is 2.86. The summed E-state index contributed by atoms with van der Waals surface area (Å²) in [6, 6.07) is 11.9. The second-order valence-electron chi connectivity index (χ2n) is 7.03. The zero-order valence-electron chi connectivity index (χ0n) is 15.1. The largest absolute Gasteiger partial charge is 0.339 e. The number of ketones is 1. The van der Waals surface area contributed by atoms with Gasteiger partial charge in [-0.05, 0) is 42.8 Å². The van der Waals surface area contributed by atoms with Gasteiger partial charge in [0, 0.05) is 31.4 Å². The average molecular weight is 366 g/mol. The van der Waals surface area contributed by atoms with E-state index in [9.17, 15) is 9.59 Å². The molecule has 0 saturated carbocycles. The van der Waals surface area contributed by atoms with Crippen molar-refractivity contribution in [3.8, 4) is 0 Å². The molecular weight excluding hydrogens is 344 g/mol. The molecule has 1 aliphatic heterocycles. The number of aromatic nitrogens is 1. The number of hydrogen-bond acceptors (Lipinski definition) is 3. The summed E-state index contributed by atoms with van der Waals surface area (Å²) in [4.78, 5) is 28.5. The summed E-state index contributed by atoms with van der Waals surface area (Å²) in [6.45, 7) is 3.29. The summed E-state index contributed by atoms with van der Waals surface area (Å²) < 4.78 is 1.98. The van der Waals surface area contributed by atoms with Crippen LogP contribution in [0.15, 0.2) is 41.8 Å². The van der Waals surface area contributed by atoms with E-state index in [1.165, 1.54) is 11.3 Å². The first-order chi connectivity index (χ1) is 12.6. The number of benzene rings is 1. The minimum Gasteiger partial charge on any atom is -0.339 e. The quantitative estimate of drug-likeness (QED) is 0.649. The molecule has 2 aromatic heterocycles. The first kappa shape index (κ1) is 17.0. The van der Waals surface area contributed by atoms with Crippen LogP contribution in [-0.4, -0.2) is 34.2 Å². The summed E-state index contributed by atoms with van der Waals surface area (Å²) in [7, 11) is 1.95. The van der Waals surface area contributed by atoms with E-state index in [0.29, 0.717) is 18.8 Å². The molecule has 3 heterocycles. The molecule has 134 valence electrons. The van der Waals surface area contributed by atoms with Crippen LogP contribution in [0.25, 0.3) is 10.9 Å². The van der Waals surface area contributed by atoms with Gasteiger partial charge in [0.15, 0.2) is 5.78 Å². The second kappa shape index (κ2) is 6.72. The van der Waals surface area contributed by atoms with Gasteiger partial charge in [0.2, 0.25) is 0 Å². The summed E-state index contributed by atoms with van der Waals surface area (Å²) in [5.74, 6) is 0.0972. The van der Waals surface area contributed by atoms with Gasteiger partial charge in [-0.15, -0.1) is 11.3 Å². The third-order valence-corrected chi connectivity index (χ3v) is 6.20. The Morgan fingerprint density at radius 1 is 1.19 bits per heavy atom. The highest BCUT2D eigenvalue weighted by molar-refractivity contribution is 7.12. The van der Waals surface area contributed by atoms with Crippen molar-refractivity contribution in [2.75, 3.05) is 13.1 Å². The summed E-state index contributed by atoms with van der Waals surface area (Å²) in [5, 5.41) is 3.01. The van der Waals surface area contributed by atoms with Gasteiger partial charge in [-0.2, -0.15) is 0 Å². The van der Waals surface area contributed by atoms with E-state index in [-0.39, 0.29) is 17.6 Å². The lowest BCUT2D eigenvalue weighted by molar-refractivity contribution is 0.0631. The third-order valence-electron chi connectivity index (χ3n) is 5.32. The fraction of sp³-hybridized carbons (Fsp3) is 0.333. The smallest absolute Gasteiger partial charge is 0.270 e. The SMILES string of the molecule is Cc1cccc2cc(C(=O)N3CCCC(C(=O)c4cccs4)C3)n(C)c12. The predicted octanol–water partition coefficient (Wildman–Crippen LogP) is 4.28. The molecule has 0 aliphatic carbocycles. The molecule has 1 saturated heterocycles. The van der Waals surface area contributed by atoms with Gasteiger partial charge >= 0.3 is 0 Å². The first-order valence-electron chi connectivity index (χ1n) is 8.98. The number of piperidine rings is 1. The highest BCUT2D eigenvalue weighted by Crippen LogP contribution is 2.27.